The van der Waals surface area contributed by atoms with Crippen molar-refractivity contribution in [2.45, 2.75) is 13.8 Å². The van der Waals surface area contributed by atoms with Crippen LogP contribution in [-0.4, -0.2) is 5.78 Å². The van der Waals surface area contributed by atoms with E-state index in [-0.39, 0.29) is 5.56 Å². The van der Waals surface area contributed by atoms with E-state index in [1.165, 1.54) is 11.3 Å². The van der Waals surface area contributed by atoms with E-state index >= 15 is 0 Å². The van der Waals surface area contributed by atoms with Crippen molar-refractivity contribution in [1.29, 1.82) is 0 Å². The summed E-state index contributed by atoms with van der Waals surface area (Å²) in [5, 5.41) is 0. The lowest BCUT2D eigenvalue weighted by atomic mass is 10.1. The number of carbonyl (C=O) groups is 1. The van der Waals surface area contributed by atoms with Gasteiger partial charge in [0.05, 0.1) is 10.4 Å². The summed E-state index contributed by atoms with van der Waals surface area (Å²) in [5.74, 6) is -1.77. The van der Waals surface area contributed by atoms with Crippen molar-refractivity contribution in [3.05, 3.63) is 56.8 Å². The Morgan fingerprint density at radius 3 is 2.47 bits per heavy atom. The van der Waals surface area contributed by atoms with Crippen LogP contribution < -0.4 is 0 Å². The Kier molecular flexibility index (Phi) is 3.07. The SMILES string of the molecule is Cc1cc(C(=O)c2cc(F)ccc2F)sc1C. The Labute approximate surface area is 102 Å². The molecule has 88 valence electrons. The fraction of sp³-hybridized carbons (Fsp3) is 0.154. The molecule has 0 aliphatic carbocycles. The number of rotatable bonds is 2. The van der Waals surface area contributed by atoms with Gasteiger partial charge in [-0.25, -0.2) is 8.78 Å². The van der Waals surface area contributed by atoms with Gasteiger partial charge in [-0.05, 0) is 43.7 Å². The molecule has 17 heavy (non-hydrogen) atoms. The van der Waals surface area contributed by atoms with Crippen molar-refractivity contribution < 1.29 is 13.6 Å². The molecule has 0 spiro atoms. The van der Waals surface area contributed by atoms with Crippen LogP contribution in [0.3, 0.4) is 0 Å². The van der Waals surface area contributed by atoms with Gasteiger partial charge in [0.2, 0.25) is 5.78 Å². The number of thiophene rings is 1. The van der Waals surface area contributed by atoms with E-state index in [2.05, 4.69) is 0 Å². The lowest BCUT2D eigenvalue weighted by Crippen LogP contribution is -2.02. The second-order valence-electron chi connectivity index (χ2n) is 3.80. The molecule has 0 bridgehead atoms. The van der Waals surface area contributed by atoms with E-state index in [0.717, 1.165) is 28.6 Å². The minimum atomic E-state index is -0.694. The molecule has 2 rings (SSSR count). The number of benzene rings is 1. The monoisotopic (exact) mass is 252 g/mol. The zero-order chi connectivity index (χ0) is 12.6. The zero-order valence-corrected chi connectivity index (χ0v) is 10.2. The van der Waals surface area contributed by atoms with Crippen LogP contribution in [0.5, 0.6) is 0 Å². The predicted molar refractivity (Wildman–Crippen MR) is 63.6 cm³/mol. The zero-order valence-electron chi connectivity index (χ0n) is 9.38. The summed E-state index contributed by atoms with van der Waals surface area (Å²) in [6, 6.07) is 4.60. The van der Waals surface area contributed by atoms with E-state index in [1.807, 2.05) is 13.8 Å². The molecule has 0 fully saturated rings. The average Bonchev–Trinajstić information content (AvgIpc) is 2.62. The molecule has 0 saturated carbocycles. The van der Waals surface area contributed by atoms with Gasteiger partial charge in [-0.3, -0.25) is 4.79 Å². The third-order valence-corrected chi connectivity index (χ3v) is 3.71. The maximum absolute atomic E-state index is 13.4. The van der Waals surface area contributed by atoms with Gasteiger partial charge in [0.25, 0.3) is 0 Å². The fourth-order valence-electron chi connectivity index (χ4n) is 1.49. The van der Waals surface area contributed by atoms with Crippen LogP contribution in [-0.2, 0) is 0 Å². The first-order chi connectivity index (χ1) is 7.99. The Hall–Kier alpha value is -1.55. The topological polar surface area (TPSA) is 17.1 Å². The van der Waals surface area contributed by atoms with E-state index in [4.69, 9.17) is 0 Å². The quantitative estimate of drug-likeness (QED) is 0.741. The number of hydrogen-bond acceptors (Lipinski definition) is 2. The molecule has 1 nitrogen and oxygen atoms in total. The van der Waals surface area contributed by atoms with Gasteiger partial charge in [0.15, 0.2) is 0 Å². The molecule has 0 radical (unpaired) electrons. The molecule has 1 aromatic carbocycles. The van der Waals surface area contributed by atoms with Crippen molar-refractivity contribution >= 4 is 17.1 Å². The van der Waals surface area contributed by atoms with Gasteiger partial charge in [0.1, 0.15) is 11.6 Å². The van der Waals surface area contributed by atoms with Crippen LogP contribution in [0.4, 0.5) is 8.78 Å². The van der Waals surface area contributed by atoms with Gasteiger partial charge in [-0.2, -0.15) is 0 Å². The smallest absolute Gasteiger partial charge is 0.206 e. The van der Waals surface area contributed by atoms with Crippen LogP contribution >= 0.6 is 11.3 Å². The molecule has 1 heterocycles. The Morgan fingerprint density at radius 2 is 1.88 bits per heavy atom. The lowest BCUT2D eigenvalue weighted by molar-refractivity contribution is 0.103. The molecule has 0 amide bonds. The van der Waals surface area contributed by atoms with Crippen LogP contribution in [0.25, 0.3) is 0 Å². The summed E-state index contributed by atoms with van der Waals surface area (Å²) in [5.41, 5.74) is 0.765. The molecular formula is C13H10F2OS. The van der Waals surface area contributed by atoms with Crippen LogP contribution in [0.15, 0.2) is 24.3 Å². The number of carbonyl (C=O) groups excluding carboxylic acids is 1. The third kappa shape index (κ3) is 2.26. The average molecular weight is 252 g/mol. The molecule has 0 aliphatic rings. The molecule has 0 N–H and O–H groups in total. The highest BCUT2D eigenvalue weighted by atomic mass is 32.1. The third-order valence-electron chi connectivity index (χ3n) is 2.56. The van der Waals surface area contributed by atoms with Crippen LogP contribution in [0.2, 0.25) is 0 Å². The summed E-state index contributed by atoms with van der Waals surface area (Å²) in [6.45, 7) is 3.77. The van der Waals surface area contributed by atoms with E-state index in [9.17, 15) is 13.6 Å². The maximum Gasteiger partial charge on any atom is 0.206 e. The van der Waals surface area contributed by atoms with Crippen molar-refractivity contribution in [2.75, 3.05) is 0 Å². The first-order valence-corrected chi connectivity index (χ1v) is 5.87. The molecular weight excluding hydrogens is 242 g/mol. The highest BCUT2D eigenvalue weighted by Gasteiger charge is 2.17. The summed E-state index contributed by atoms with van der Waals surface area (Å²) >= 11 is 1.29. The van der Waals surface area contributed by atoms with Crippen molar-refractivity contribution in [3.8, 4) is 0 Å². The predicted octanol–water partition coefficient (Wildman–Crippen LogP) is 3.87. The second kappa shape index (κ2) is 4.37. The van der Waals surface area contributed by atoms with Crippen LogP contribution in [0.1, 0.15) is 25.7 Å². The second-order valence-corrected chi connectivity index (χ2v) is 5.06. The maximum atomic E-state index is 13.4. The standard InChI is InChI=1S/C13H10F2OS/c1-7-5-12(17-8(7)2)13(16)10-6-9(14)3-4-11(10)15/h3-6H,1-2H3. The fourth-order valence-corrected chi connectivity index (χ4v) is 2.48. The Bertz CT molecular complexity index is 568. The van der Waals surface area contributed by atoms with Crippen molar-refractivity contribution in [1.82, 2.24) is 0 Å². The summed E-state index contributed by atoms with van der Waals surface area (Å²) < 4.78 is 26.4. The first kappa shape index (κ1) is 11.9. The van der Waals surface area contributed by atoms with Gasteiger partial charge >= 0.3 is 0 Å². The van der Waals surface area contributed by atoms with Gasteiger partial charge in [-0.15, -0.1) is 11.3 Å². The van der Waals surface area contributed by atoms with Gasteiger partial charge in [-0.1, -0.05) is 0 Å². The lowest BCUT2D eigenvalue weighted by Gasteiger charge is -2.00. The molecule has 0 atom stereocenters. The van der Waals surface area contributed by atoms with Crippen LogP contribution in [0, 0.1) is 25.5 Å². The van der Waals surface area contributed by atoms with E-state index in [1.54, 1.807) is 6.07 Å². The largest absolute Gasteiger partial charge is 0.288 e. The van der Waals surface area contributed by atoms with Gasteiger partial charge in [0, 0.05) is 4.88 Å². The highest BCUT2D eigenvalue weighted by molar-refractivity contribution is 7.14. The Morgan fingerprint density at radius 1 is 1.18 bits per heavy atom. The van der Waals surface area contributed by atoms with Gasteiger partial charge < -0.3 is 0 Å². The van der Waals surface area contributed by atoms with Crippen molar-refractivity contribution in [3.63, 3.8) is 0 Å². The Balaban J connectivity index is 2.47. The normalized spacial score (nSPS) is 10.6. The number of hydrogen-bond donors (Lipinski definition) is 0. The summed E-state index contributed by atoms with van der Waals surface area (Å²) in [4.78, 5) is 13.4. The van der Waals surface area contributed by atoms with E-state index < -0.39 is 17.4 Å². The molecule has 0 saturated heterocycles. The first-order valence-electron chi connectivity index (χ1n) is 5.06. The van der Waals surface area contributed by atoms with Crippen molar-refractivity contribution in [2.24, 2.45) is 0 Å². The number of aryl methyl sites for hydroxylation is 2. The summed E-state index contributed by atoms with van der Waals surface area (Å²) in [7, 11) is 0. The minimum absolute atomic E-state index is 0.216. The highest BCUT2D eigenvalue weighted by Crippen LogP contribution is 2.24. The minimum Gasteiger partial charge on any atom is -0.288 e. The number of halogens is 2. The molecule has 2 aromatic rings. The summed E-state index contributed by atoms with van der Waals surface area (Å²) in [6.07, 6.45) is 0. The number of ketones is 1. The molecule has 0 aliphatic heterocycles. The van der Waals surface area contributed by atoms with E-state index in [0.29, 0.717) is 4.88 Å². The molecule has 0 unspecified atom stereocenters. The molecule has 1 aromatic heterocycles. The molecule has 4 heteroatoms.